The third kappa shape index (κ3) is 3.07. The monoisotopic (exact) mass is 178 g/mol. The van der Waals surface area contributed by atoms with E-state index in [4.69, 9.17) is 5.73 Å². The highest BCUT2D eigenvalue weighted by atomic mass is 15.1. The number of hydrogen-bond donors (Lipinski definition) is 1. The van der Waals surface area contributed by atoms with Crippen molar-refractivity contribution < 1.29 is 0 Å². The molecule has 0 aliphatic heterocycles. The van der Waals surface area contributed by atoms with E-state index in [0.29, 0.717) is 0 Å². The molecule has 0 radical (unpaired) electrons. The van der Waals surface area contributed by atoms with Crippen LogP contribution in [0.2, 0.25) is 0 Å². The zero-order valence-electron chi connectivity index (χ0n) is 8.62. The third-order valence-electron chi connectivity index (χ3n) is 1.98. The van der Waals surface area contributed by atoms with Crippen molar-refractivity contribution in [3.8, 4) is 0 Å². The summed E-state index contributed by atoms with van der Waals surface area (Å²) in [6.07, 6.45) is 0.946. The Hall–Kier alpha value is -1.02. The molecule has 0 bridgehead atoms. The first-order valence-electron chi connectivity index (χ1n) is 4.61. The fraction of sp³-hybridized carbons (Fsp3) is 0.455. The molecule has 0 aliphatic carbocycles. The molecule has 72 valence electrons. The van der Waals surface area contributed by atoms with Gasteiger partial charge in [0.25, 0.3) is 0 Å². The van der Waals surface area contributed by atoms with Crippen molar-refractivity contribution in [1.29, 1.82) is 0 Å². The third-order valence-corrected chi connectivity index (χ3v) is 1.98. The predicted molar refractivity (Wildman–Crippen MR) is 58.1 cm³/mol. The zero-order chi connectivity index (χ0) is 9.84. The average Bonchev–Trinajstić information content (AvgIpc) is 2.03. The second kappa shape index (κ2) is 4.28. The minimum Gasteiger partial charge on any atom is -0.378 e. The maximum Gasteiger partial charge on any atom is 0.0363 e. The molecule has 1 rings (SSSR count). The summed E-state index contributed by atoms with van der Waals surface area (Å²) in [7, 11) is 4.09. The van der Waals surface area contributed by atoms with Crippen LogP contribution in [0.4, 0.5) is 5.69 Å². The molecule has 0 aliphatic rings. The van der Waals surface area contributed by atoms with Crippen molar-refractivity contribution in [2.24, 2.45) is 5.73 Å². The molecule has 0 fully saturated rings. The van der Waals surface area contributed by atoms with Gasteiger partial charge < -0.3 is 10.6 Å². The smallest absolute Gasteiger partial charge is 0.0363 e. The van der Waals surface area contributed by atoms with E-state index in [2.05, 4.69) is 29.2 Å². The summed E-state index contributed by atoms with van der Waals surface area (Å²) in [6.45, 7) is 2.03. The molecule has 2 heteroatoms. The number of anilines is 1. The molecule has 1 aromatic carbocycles. The van der Waals surface area contributed by atoms with Gasteiger partial charge in [0.15, 0.2) is 0 Å². The number of nitrogens with zero attached hydrogens (tertiary/aromatic N) is 1. The maximum absolute atomic E-state index is 5.74. The van der Waals surface area contributed by atoms with E-state index in [1.165, 1.54) is 11.3 Å². The molecule has 0 unspecified atom stereocenters. The molecular weight excluding hydrogens is 160 g/mol. The molecule has 0 aromatic heterocycles. The van der Waals surface area contributed by atoms with Gasteiger partial charge in [-0.05, 0) is 31.0 Å². The van der Waals surface area contributed by atoms with E-state index in [1.807, 2.05) is 21.0 Å². The van der Waals surface area contributed by atoms with Crippen LogP contribution in [0.5, 0.6) is 0 Å². The lowest BCUT2D eigenvalue weighted by Crippen LogP contribution is -2.18. The molecule has 0 spiro atoms. The van der Waals surface area contributed by atoms with Crippen molar-refractivity contribution >= 4 is 5.69 Å². The Labute approximate surface area is 80.4 Å². The lowest BCUT2D eigenvalue weighted by atomic mass is 10.1. The Morgan fingerprint density at radius 3 is 2.62 bits per heavy atom. The summed E-state index contributed by atoms with van der Waals surface area (Å²) >= 11 is 0. The summed E-state index contributed by atoms with van der Waals surface area (Å²) < 4.78 is 0. The topological polar surface area (TPSA) is 29.3 Å². The molecular formula is C11H18N2. The largest absolute Gasteiger partial charge is 0.378 e. The fourth-order valence-electron chi connectivity index (χ4n) is 1.33. The normalized spacial score (nSPS) is 12.6. The van der Waals surface area contributed by atoms with Gasteiger partial charge in [0.1, 0.15) is 0 Å². The SMILES string of the molecule is C[C@H](N)Cc1cccc(N(C)C)c1. The highest BCUT2D eigenvalue weighted by Gasteiger charge is 1.99. The summed E-state index contributed by atoms with van der Waals surface area (Å²) in [5, 5.41) is 0. The molecule has 1 aromatic rings. The Morgan fingerprint density at radius 2 is 2.08 bits per heavy atom. The van der Waals surface area contributed by atoms with Crippen LogP contribution in [0.25, 0.3) is 0 Å². The first-order valence-corrected chi connectivity index (χ1v) is 4.61. The molecule has 1 atom stereocenters. The van der Waals surface area contributed by atoms with Crippen molar-refractivity contribution in [2.45, 2.75) is 19.4 Å². The minimum absolute atomic E-state index is 0.234. The predicted octanol–water partition coefficient (Wildman–Crippen LogP) is 1.64. The number of rotatable bonds is 3. The van der Waals surface area contributed by atoms with Crippen molar-refractivity contribution in [3.05, 3.63) is 29.8 Å². The highest BCUT2D eigenvalue weighted by Crippen LogP contribution is 2.14. The Bertz CT molecular complexity index is 267. The van der Waals surface area contributed by atoms with E-state index in [0.717, 1.165) is 6.42 Å². The molecule has 0 heterocycles. The van der Waals surface area contributed by atoms with Crippen LogP contribution in [-0.4, -0.2) is 20.1 Å². The minimum atomic E-state index is 0.234. The first kappa shape index (κ1) is 10.1. The van der Waals surface area contributed by atoms with E-state index in [-0.39, 0.29) is 6.04 Å². The van der Waals surface area contributed by atoms with Gasteiger partial charge in [0.05, 0.1) is 0 Å². The summed E-state index contributed by atoms with van der Waals surface area (Å²) in [5.41, 5.74) is 8.28. The van der Waals surface area contributed by atoms with Gasteiger partial charge >= 0.3 is 0 Å². The van der Waals surface area contributed by atoms with E-state index >= 15 is 0 Å². The molecule has 0 amide bonds. The second-order valence-corrected chi connectivity index (χ2v) is 3.75. The van der Waals surface area contributed by atoms with E-state index < -0.39 is 0 Å². The lowest BCUT2D eigenvalue weighted by Gasteiger charge is -2.14. The van der Waals surface area contributed by atoms with Crippen molar-refractivity contribution in [3.63, 3.8) is 0 Å². The van der Waals surface area contributed by atoms with Crippen LogP contribution in [0.15, 0.2) is 24.3 Å². The molecule has 13 heavy (non-hydrogen) atoms. The van der Waals surface area contributed by atoms with Gasteiger partial charge in [-0.2, -0.15) is 0 Å². The van der Waals surface area contributed by atoms with Crippen LogP contribution < -0.4 is 10.6 Å². The van der Waals surface area contributed by atoms with Gasteiger partial charge in [-0.15, -0.1) is 0 Å². The van der Waals surface area contributed by atoms with Crippen molar-refractivity contribution in [2.75, 3.05) is 19.0 Å². The Morgan fingerprint density at radius 1 is 1.38 bits per heavy atom. The quantitative estimate of drug-likeness (QED) is 0.762. The standard InChI is InChI=1S/C11H18N2/c1-9(12)7-10-5-4-6-11(8-10)13(2)3/h4-6,8-9H,7,12H2,1-3H3/t9-/m0/s1. The van der Waals surface area contributed by atoms with Gasteiger partial charge in [0.2, 0.25) is 0 Å². The van der Waals surface area contributed by atoms with Crippen LogP contribution >= 0.6 is 0 Å². The maximum atomic E-state index is 5.74. The molecule has 0 saturated carbocycles. The molecule has 0 saturated heterocycles. The number of benzene rings is 1. The Kier molecular flexibility index (Phi) is 3.32. The van der Waals surface area contributed by atoms with Gasteiger partial charge in [-0.25, -0.2) is 0 Å². The second-order valence-electron chi connectivity index (χ2n) is 3.75. The van der Waals surface area contributed by atoms with E-state index in [9.17, 15) is 0 Å². The van der Waals surface area contributed by atoms with Crippen LogP contribution in [0.1, 0.15) is 12.5 Å². The number of nitrogens with two attached hydrogens (primary N) is 1. The number of hydrogen-bond acceptors (Lipinski definition) is 2. The van der Waals surface area contributed by atoms with Crippen LogP contribution in [0, 0.1) is 0 Å². The summed E-state index contributed by atoms with van der Waals surface area (Å²) in [5.74, 6) is 0. The summed E-state index contributed by atoms with van der Waals surface area (Å²) in [6, 6.07) is 8.72. The lowest BCUT2D eigenvalue weighted by molar-refractivity contribution is 0.738. The molecule has 2 N–H and O–H groups in total. The fourth-order valence-corrected chi connectivity index (χ4v) is 1.33. The average molecular weight is 178 g/mol. The highest BCUT2D eigenvalue weighted by molar-refractivity contribution is 5.47. The summed E-state index contributed by atoms with van der Waals surface area (Å²) in [4.78, 5) is 2.10. The molecule has 2 nitrogen and oxygen atoms in total. The van der Waals surface area contributed by atoms with Crippen LogP contribution in [-0.2, 0) is 6.42 Å². The Balaban J connectivity index is 2.79. The van der Waals surface area contributed by atoms with Crippen molar-refractivity contribution in [1.82, 2.24) is 0 Å². The van der Waals surface area contributed by atoms with Gasteiger partial charge in [-0.3, -0.25) is 0 Å². The van der Waals surface area contributed by atoms with Crippen LogP contribution in [0.3, 0.4) is 0 Å². The van der Waals surface area contributed by atoms with Gasteiger partial charge in [0, 0.05) is 25.8 Å². The first-order chi connectivity index (χ1) is 6.09. The van der Waals surface area contributed by atoms with Gasteiger partial charge in [-0.1, -0.05) is 12.1 Å². The van der Waals surface area contributed by atoms with E-state index in [1.54, 1.807) is 0 Å². The zero-order valence-corrected chi connectivity index (χ0v) is 8.62.